The second-order valence-electron chi connectivity index (χ2n) is 5.02. The summed E-state index contributed by atoms with van der Waals surface area (Å²) in [7, 11) is 0. The lowest BCUT2D eigenvalue weighted by Gasteiger charge is -2.37. The van der Waals surface area contributed by atoms with Crippen LogP contribution in [0.4, 0.5) is 4.39 Å². The molecule has 2 fully saturated rings. The van der Waals surface area contributed by atoms with E-state index in [4.69, 9.17) is 9.47 Å². The average molecular weight is 344 g/mol. The van der Waals surface area contributed by atoms with Crippen LogP contribution in [0.1, 0.15) is 23.2 Å². The number of rotatable bonds is 1. The van der Waals surface area contributed by atoms with E-state index >= 15 is 0 Å². The fraction of sp³-hybridized carbons (Fsp3) is 0.500. The molecular weight excluding hydrogens is 329 g/mol. The largest absolute Gasteiger partial charge is 0.347 e. The summed E-state index contributed by atoms with van der Waals surface area (Å²) >= 11 is 3.18. The van der Waals surface area contributed by atoms with Gasteiger partial charge in [-0.05, 0) is 18.2 Å². The quantitative estimate of drug-likeness (QED) is 0.786. The van der Waals surface area contributed by atoms with Crippen LogP contribution in [-0.4, -0.2) is 42.9 Å². The maximum atomic E-state index is 13.8. The number of halogens is 2. The van der Waals surface area contributed by atoms with Gasteiger partial charge in [-0.15, -0.1) is 0 Å². The van der Waals surface area contributed by atoms with Crippen molar-refractivity contribution >= 4 is 21.8 Å². The van der Waals surface area contributed by atoms with Gasteiger partial charge in [0.15, 0.2) is 5.79 Å². The van der Waals surface area contributed by atoms with Crippen LogP contribution in [0, 0.1) is 5.82 Å². The summed E-state index contributed by atoms with van der Waals surface area (Å²) in [6, 6.07) is 4.49. The normalized spacial score (nSPS) is 21.4. The van der Waals surface area contributed by atoms with E-state index in [9.17, 15) is 9.18 Å². The highest BCUT2D eigenvalue weighted by Gasteiger charge is 2.41. The molecule has 1 amide bonds. The van der Waals surface area contributed by atoms with Gasteiger partial charge in [-0.3, -0.25) is 4.79 Å². The van der Waals surface area contributed by atoms with Gasteiger partial charge in [0.2, 0.25) is 0 Å². The summed E-state index contributed by atoms with van der Waals surface area (Å²) in [5.74, 6) is -1.30. The van der Waals surface area contributed by atoms with Crippen LogP contribution < -0.4 is 0 Å². The number of benzene rings is 1. The Balaban J connectivity index is 1.69. The van der Waals surface area contributed by atoms with Crippen LogP contribution in [0.2, 0.25) is 0 Å². The van der Waals surface area contributed by atoms with E-state index in [-0.39, 0.29) is 11.5 Å². The molecule has 1 spiro atoms. The molecule has 1 aromatic carbocycles. The van der Waals surface area contributed by atoms with Gasteiger partial charge in [0.25, 0.3) is 5.91 Å². The molecule has 108 valence electrons. The molecule has 20 heavy (non-hydrogen) atoms. The number of hydrogen-bond donors (Lipinski definition) is 0. The standard InChI is InChI=1S/C14H15BrFNO3/c15-10-1-2-11(12(16)9-10)13(18)17-5-3-14(4-6-17)19-7-8-20-14/h1-2,9H,3-8H2. The van der Waals surface area contributed by atoms with Crippen molar-refractivity contribution in [2.75, 3.05) is 26.3 Å². The molecule has 2 saturated heterocycles. The van der Waals surface area contributed by atoms with Crippen molar-refractivity contribution in [3.05, 3.63) is 34.1 Å². The Morgan fingerprint density at radius 2 is 1.90 bits per heavy atom. The van der Waals surface area contributed by atoms with Gasteiger partial charge >= 0.3 is 0 Å². The van der Waals surface area contributed by atoms with Crippen LogP contribution in [0.3, 0.4) is 0 Å². The fourth-order valence-corrected chi connectivity index (χ4v) is 3.00. The van der Waals surface area contributed by atoms with Crippen molar-refractivity contribution in [3.63, 3.8) is 0 Å². The lowest BCUT2D eigenvalue weighted by atomic mass is 10.0. The first-order chi connectivity index (χ1) is 9.60. The van der Waals surface area contributed by atoms with Gasteiger partial charge in [-0.1, -0.05) is 15.9 Å². The van der Waals surface area contributed by atoms with Crippen LogP contribution in [-0.2, 0) is 9.47 Å². The fourth-order valence-electron chi connectivity index (χ4n) is 2.67. The minimum Gasteiger partial charge on any atom is -0.347 e. The molecule has 4 nitrogen and oxygen atoms in total. The first-order valence-electron chi connectivity index (χ1n) is 6.62. The van der Waals surface area contributed by atoms with E-state index in [2.05, 4.69) is 15.9 Å². The van der Waals surface area contributed by atoms with Gasteiger partial charge in [-0.2, -0.15) is 0 Å². The summed E-state index contributed by atoms with van der Waals surface area (Å²) in [5, 5.41) is 0. The number of carbonyl (C=O) groups excluding carboxylic acids is 1. The van der Waals surface area contributed by atoms with Gasteiger partial charge in [0.05, 0.1) is 18.8 Å². The molecule has 2 aliphatic rings. The number of piperidine rings is 1. The van der Waals surface area contributed by atoms with E-state index in [1.54, 1.807) is 11.0 Å². The molecule has 0 N–H and O–H groups in total. The number of likely N-dealkylation sites (tertiary alicyclic amines) is 1. The van der Waals surface area contributed by atoms with E-state index in [0.717, 1.165) is 0 Å². The molecular formula is C14H15BrFNO3. The van der Waals surface area contributed by atoms with Crippen LogP contribution in [0.15, 0.2) is 22.7 Å². The molecule has 0 atom stereocenters. The SMILES string of the molecule is O=C(c1ccc(Br)cc1F)N1CCC2(CC1)OCCO2. The molecule has 1 aromatic rings. The van der Waals surface area contributed by atoms with Crippen molar-refractivity contribution in [3.8, 4) is 0 Å². The maximum absolute atomic E-state index is 13.8. The summed E-state index contributed by atoms with van der Waals surface area (Å²) in [5.41, 5.74) is 0.109. The number of hydrogen-bond acceptors (Lipinski definition) is 3. The summed E-state index contributed by atoms with van der Waals surface area (Å²) in [6.07, 6.45) is 1.27. The van der Waals surface area contributed by atoms with E-state index in [1.807, 2.05) is 0 Å². The highest BCUT2D eigenvalue weighted by Crippen LogP contribution is 2.32. The second kappa shape index (κ2) is 5.42. The second-order valence-corrected chi connectivity index (χ2v) is 5.94. The zero-order chi connectivity index (χ0) is 14.2. The number of amides is 1. The predicted octanol–water partition coefficient (Wildman–Crippen LogP) is 2.57. The zero-order valence-corrected chi connectivity index (χ0v) is 12.5. The van der Waals surface area contributed by atoms with E-state index < -0.39 is 11.6 Å². The molecule has 0 radical (unpaired) electrons. The van der Waals surface area contributed by atoms with Crippen LogP contribution in [0.5, 0.6) is 0 Å². The predicted molar refractivity (Wildman–Crippen MR) is 73.9 cm³/mol. The van der Waals surface area contributed by atoms with E-state index in [0.29, 0.717) is 43.6 Å². The number of ether oxygens (including phenoxy) is 2. The summed E-state index contributed by atoms with van der Waals surface area (Å²) in [4.78, 5) is 14.0. The van der Waals surface area contributed by atoms with Gasteiger partial charge in [0, 0.05) is 30.4 Å². The highest BCUT2D eigenvalue weighted by atomic mass is 79.9. The molecule has 0 unspecified atom stereocenters. The topological polar surface area (TPSA) is 38.8 Å². The Hall–Kier alpha value is -0.980. The lowest BCUT2D eigenvalue weighted by molar-refractivity contribution is -0.181. The first kappa shape index (κ1) is 14.0. The van der Waals surface area contributed by atoms with Crippen molar-refractivity contribution in [2.45, 2.75) is 18.6 Å². The maximum Gasteiger partial charge on any atom is 0.256 e. The Kier molecular flexibility index (Phi) is 3.79. The molecule has 6 heteroatoms. The van der Waals surface area contributed by atoms with Crippen molar-refractivity contribution in [1.82, 2.24) is 4.90 Å². The monoisotopic (exact) mass is 343 g/mol. The molecule has 0 aliphatic carbocycles. The highest BCUT2D eigenvalue weighted by molar-refractivity contribution is 9.10. The van der Waals surface area contributed by atoms with Gasteiger partial charge in [-0.25, -0.2) is 4.39 Å². The van der Waals surface area contributed by atoms with Gasteiger partial charge < -0.3 is 14.4 Å². The minimum atomic E-state index is -0.519. The molecule has 2 heterocycles. The average Bonchev–Trinajstić information content (AvgIpc) is 2.87. The Labute approximate surface area is 125 Å². The molecule has 2 aliphatic heterocycles. The van der Waals surface area contributed by atoms with Gasteiger partial charge in [0.1, 0.15) is 5.82 Å². The molecule has 0 aromatic heterocycles. The van der Waals surface area contributed by atoms with Crippen molar-refractivity contribution in [1.29, 1.82) is 0 Å². The van der Waals surface area contributed by atoms with Crippen molar-refractivity contribution in [2.24, 2.45) is 0 Å². The third-order valence-corrected chi connectivity index (χ3v) is 4.28. The minimum absolute atomic E-state index is 0.109. The first-order valence-corrected chi connectivity index (χ1v) is 7.41. The van der Waals surface area contributed by atoms with Crippen LogP contribution in [0.25, 0.3) is 0 Å². The third-order valence-electron chi connectivity index (χ3n) is 3.79. The van der Waals surface area contributed by atoms with Crippen molar-refractivity contribution < 1.29 is 18.7 Å². The number of nitrogens with zero attached hydrogens (tertiary/aromatic N) is 1. The third kappa shape index (κ3) is 2.60. The Morgan fingerprint density at radius 3 is 2.50 bits per heavy atom. The Morgan fingerprint density at radius 1 is 1.25 bits per heavy atom. The zero-order valence-electron chi connectivity index (χ0n) is 10.9. The van der Waals surface area contributed by atoms with Crippen LogP contribution >= 0.6 is 15.9 Å². The lowest BCUT2D eigenvalue weighted by Crippen LogP contribution is -2.47. The summed E-state index contributed by atoms with van der Waals surface area (Å²) in [6.45, 7) is 2.26. The molecule has 3 rings (SSSR count). The molecule has 0 saturated carbocycles. The summed E-state index contributed by atoms with van der Waals surface area (Å²) < 4.78 is 25.7. The Bertz CT molecular complexity index is 521. The molecule has 0 bridgehead atoms. The van der Waals surface area contributed by atoms with E-state index in [1.165, 1.54) is 12.1 Å². The smallest absolute Gasteiger partial charge is 0.256 e. The number of carbonyl (C=O) groups is 1.